The third-order valence-corrected chi connectivity index (χ3v) is 5.91. The number of hydrogen-bond donors (Lipinski definition) is 0. The minimum atomic E-state index is -0.354. The Labute approximate surface area is 186 Å². The maximum absolute atomic E-state index is 12.0. The molecule has 3 aromatic rings. The smallest absolute Gasteiger partial charge is 0.302 e. The predicted molar refractivity (Wildman–Crippen MR) is 117 cm³/mol. The number of benzene rings is 2. The van der Waals surface area contributed by atoms with Crippen molar-refractivity contribution in [1.29, 1.82) is 0 Å². The molecule has 0 N–H and O–H groups in total. The highest BCUT2D eigenvalue weighted by Gasteiger charge is 2.51. The lowest BCUT2D eigenvalue weighted by molar-refractivity contribution is -0.0602. The monoisotopic (exact) mass is 434 g/mol. The molecule has 32 heavy (non-hydrogen) atoms. The van der Waals surface area contributed by atoms with Crippen molar-refractivity contribution in [2.24, 2.45) is 5.92 Å². The number of fused-ring (bicyclic) bond motifs is 3. The Morgan fingerprint density at radius 1 is 0.938 bits per heavy atom. The Hall–Kier alpha value is -3.00. The van der Waals surface area contributed by atoms with Gasteiger partial charge in [-0.1, -0.05) is 60.7 Å². The van der Waals surface area contributed by atoms with Crippen LogP contribution >= 0.6 is 0 Å². The first-order valence-electron chi connectivity index (χ1n) is 10.8. The molecule has 1 fully saturated rings. The van der Waals surface area contributed by atoms with Crippen LogP contribution in [0, 0.1) is 12.8 Å². The normalized spacial score (nSPS) is 23.5. The molecule has 0 unspecified atom stereocenters. The second-order valence-corrected chi connectivity index (χ2v) is 8.23. The SMILES string of the molecule is Cc1cn2c(nc1=O)O[C@H]1[C@H](COCc3ccccc3)[C@@H](COCc3ccccc3)O[C@H]12. The molecule has 0 radical (unpaired) electrons. The number of rotatable bonds is 8. The zero-order valence-corrected chi connectivity index (χ0v) is 17.9. The summed E-state index contributed by atoms with van der Waals surface area (Å²) >= 11 is 0. The second-order valence-electron chi connectivity index (χ2n) is 8.23. The van der Waals surface area contributed by atoms with E-state index < -0.39 is 0 Å². The van der Waals surface area contributed by atoms with Gasteiger partial charge in [0, 0.05) is 11.8 Å². The van der Waals surface area contributed by atoms with Gasteiger partial charge in [-0.15, -0.1) is 0 Å². The van der Waals surface area contributed by atoms with Crippen molar-refractivity contribution < 1.29 is 18.9 Å². The van der Waals surface area contributed by atoms with Gasteiger partial charge in [-0.3, -0.25) is 9.36 Å². The van der Waals surface area contributed by atoms with E-state index >= 15 is 0 Å². The fraction of sp³-hybridized carbons (Fsp3) is 0.360. The summed E-state index contributed by atoms with van der Waals surface area (Å²) in [6.07, 6.45) is 0.916. The maximum Gasteiger partial charge on any atom is 0.302 e. The molecule has 0 aliphatic carbocycles. The van der Waals surface area contributed by atoms with Crippen molar-refractivity contribution in [3.63, 3.8) is 0 Å². The molecule has 0 spiro atoms. The molecule has 0 bridgehead atoms. The summed E-state index contributed by atoms with van der Waals surface area (Å²) in [5, 5.41) is 0. The average Bonchev–Trinajstić information content (AvgIpc) is 3.32. The van der Waals surface area contributed by atoms with Gasteiger partial charge in [-0.05, 0) is 18.1 Å². The second kappa shape index (κ2) is 9.24. The van der Waals surface area contributed by atoms with Crippen LogP contribution < -0.4 is 10.3 Å². The van der Waals surface area contributed by atoms with Crippen LogP contribution in [0.1, 0.15) is 22.9 Å². The van der Waals surface area contributed by atoms with E-state index in [1.54, 1.807) is 13.1 Å². The molecule has 2 aliphatic rings. The fourth-order valence-corrected chi connectivity index (χ4v) is 4.21. The van der Waals surface area contributed by atoms with Gasteiger partial charge in [-0.2, -0.15) is 4.98 Å². The van der Waals surface area contributed by atoms with Gasteiger partial charge < -0.3 is 18.9 Å². The highest BCUT2D eigenvalue weighted by molar-refractivity contribution is 5.16. The molecule has 7 nitrogen and oxygen atoms in total. The number of aryl methyl sites for hydroxylation is 1. The van der Waals surface area contributed by atoms with E-state index in [4.69, 9.17) is 18.9 Å². The van der Waals surface area contributed by atoms with E-state index in [9.17, 15) is 4.79 Å². The van der Waals surface area contributed by atoms with E-state index in [-0.39, 0.29) is 29.9 Å². The fourth-order valence-electron chi connectivity index (χ4n) is 4.21. The summed E-state index contributed by atoms with van der Waals surface area (Å²) in [5.41, 5.74) is 2.50. The van der Waals surface area contributed by atoms with Gasteiger partial charge >= 0.3 is 6.01 Å². The summed E-state index contributed by atoms with van der Waals surface area (Å²) in [5.74, 6) is -0.0587. The number of nitrogens with zero attached hydrogens (tertiary/aromatic N) is 2. The third kappa shape index (κ3) is 4.32. The Bertz CT molecular complexity index is 1100. The van der Waals surface area contributed by atoms with E-state index in [0.29, 0.717) is 38.0 Å². The minimum absolute atomic E-state index is 0.0587. The number of aromatic nitrogens is 2. The first-order chi connectivity index (χ1) is 15.7. The summed E-state index contributed by atoms with van der Waals surface area (Å²) in [4.78, 5) is 16.0. The number of hydrogen-bond acceptors (Lipinski definition) is 6. The molecular formula is C25H26N2O5. The van der Waals surface area contributed by atoms with Crippen LogP contribution in [0.5, 0.6) is 6.01 Å². The summed E-state index contributed by atoms with van der Waals surface area (Å²) in [6, 6.07) is 20.4. The van der Waals surface area contributed by atoms with Crippen molar-refractivity contribution in [2.75, 3.05) is 13.2 Å². The molecule has 1 aromatic heterocycles. The zero-order valence-electron chi connectivity index (χ0n) is 17.9. The lowest BCUT2D eigenvalue weighted by atomic mass is 9.99. The van der Waals surface area contributed by atoms with Crippen molar-refractivity contribution in [3.8, 4) is 6.01 Å². The Kier molecular flexibility index (Phi) is 6.03. The molecule has 166 valence electrons. The summed E-state index contributed by atoms with van der Waals surface area (Å²) < 4.78 is 26.3. The van der Waals surface area contributed by atoms with Gasteiger partial charge in [0.2, 0.25) is 0 Å². The van der Waals surface area contributed by atoms with Gasteiger partial charge in [0.25, 0.3) is 5.56 Å². The molecule has 2 aromatic carbocycles. The Morgan fingerprint density at radius 3 is 2.22 bits per heavy atom. The predicted octanol–water partition coefficient (Wildman–Crippen LogP) is 3.26. The van der Waals surface area contributed by atoms with Crippen LogP contribution in [0.2, 0.25) is 0 Å². The van der Waals surface area contributed by atoms with Crippen LogP contribution in [-0.2, 0) is 27.4 Å². The first kappa shape index (κ1) is 20.9. The van der Waals surface area contributed by atoms with Crippen molar-refractivity contribution in [3.05, 3.63) is 93.9 Å². The minimum Gasteiger partial charge on any atom is -0.456 e. The summed E-state index contributed by atoms with van der Waals surface area (Å²) in [7, 11) is 0. The molecule has 5 rings (SSSR count). The van der Waals surface area contributed by atoms with E-state index in [1.807, 2.05) is 65.2 Å². The van der Waals surface area contributed by atoms with Gasteiger partial charge in [0.15, 0.2) is 12.3 Å². The van der Waals surface area contributed by atoms with Crippen LogP contribution in [-0.4, -0.2) is 35.0 Å². The van der Waals surface area contributed by atoms with Crippen molar-refractivity contribution in [1.82, 2.24) is 9.55 Å². The van der Waals surface area contributed by atoms with E-state index in [2.05, 4.69) is 4.98 Å². The molecule has 2 aliphatic heterocycles. The summed E-state index contributed by atoms with van der Waals surface area (Å²) in [6.45, 7) is 3.64. The van der Waals surface area contributed by atoms with E-state index in [0.717, 1.165) is 11.1 Å². The van der Waals surface area contributed by atoms with Crippen molar-refractivity contribution in [2.45, 2.75) is 38.6 Å². The van der Waals surface area contributed by atoms with Gasteiger partial charge in [0.05, 0.1) is 38.4 Å². The topological polar surface area (TPSA) is 71.8 Å². The average molecular weight is 434 g/mol. The van der Waals surface area contributed by atoms with Crippen LogP contribution in [0.4, 0.5) is 0 Å². The third-order valence-electron chi connectivity index (χ3n) is 5.91. The quantitative estimate of drug-likeness (QED) is 0.542. The Balaban J connectivity index is 1.28. The van der Waals surface area contributed by atoms with Gasteiger partial charge in [-0.25, -0.2) is 0 Å². The lowest BCUT2D eigenvalue weighted by Crippen LogP contribution is -2.34. The molecule has 0 amide bonds. The highest BCUT2D eigenvalue weighted by atomic mass is 16.6. The number of ether oxygens (including phenoxy) is 4. The zero-order chi connectivity index (χ0) is 21.9. The molecule has 0 saturated carbocycles. The maximum atomic E-state index is 12.0. The van der Waals surface area contributed by atoms with Crippen LogP contribution in [0.3, 0.4) is 0 Å². The van der Waals surface area contributed by atoms with Crippen LogP contribution in [0.15, 0.2) is 71.7 Å². The molecule has 4 atom stereocenters. The van der Waals surface area contributed by atoms with Crippen LogP contribution in [0.25, 0.3) is 0 Å². The largest absolute Gasteiger partial charge is 0.456 e. The van der Waals surface area contributed by atoms with Crippen molar-refractivity contribution >= 4 is 0 Å². The standard InChI is InChI=1S/C25H26N2O5/c1-17-12-27-24-22(32-25(27)26-23(17)28)20(15-29-13-18-8-4-2-5-9-18)21(31-24)16-30-14-19-10-6-3-7-11-19/h2-12,20-22,24H,13-16H2,1H3/t20-,21-,22+,24-/m1/s1. The molecule has 7 heteroatoms. The van der Waals surface area contributed by atoms with Gasteiger partial charge in [0.1, 0.15) is 0 Å². The first-order valence-corrected chi connectivity index (χ1v) is 10.8. The van der Waals surface area contributed by atoms with E-state index in [1.165, 1.54) is 0 Å². The highest BCUT2D eigenvalue weighted by Crippen LogP contribution is 2.42. The molecular weight excluding hydrogens is 408 g/mol. The Morgan fingerprint density at radius 2 is 1.56 bits per heavy atom. The lowest BCUT2D eigenvalue weighted by Gasteiger charge is -2.22. The molecule has 3 heterocycles. The molecule has 1 saturated heterocycles.